The van der Waals surface area contributed by atoms with E-state index in [0.717, 1.165) is 11.1 Å². The van der Waals surface area contributed by atoms with Crippen molar-refractivity contribution < 1.29 is 8.42 Å². The largest absolute Gasteiger partial charge is 0.268 e. The first kappa shape index (κ1) is 20.8. The normalized spacial score (nSPS) is 11.8. The maximum Gasteiger partial charge on any atom is 0.267 e. The molecule has 2 aromatic carbocycles. The van der Waals surface area contributed by atoms with Crippen LogP contribution >= 0.6 is 23.1 Å². The smallest absolute Gasteiger partial charge is 0.267 e. The van der Waals surface area contributed by atoms with Gasteiger partial charge in [0.25, 0.3) is 5.56 Å². The highest BCUT2D eigenvalue weighted by Gasteiger charge is 2.19. The third kappa shape index (κ3) is 4.08. The molecule has 0 N–H and O–H groups in total. The van der Waals surface area contributed by atoms with Gasteiger partial charge in [0, 0.05) is 5.75 Å². The number of fused-ring (bicyclic) bond motifs is 1. The number of thioether (sulfide) groups is 1. The second kappa shape index (κ2) is 8.37. The average molecular weight is 457 g/mol. The number of nitrogens with zero attached hydrogens (tertiary/aromatic N) is 2. The van der Waals surface area contributed by atoms with Crippen LogP contribution in [0.4, 0.5) is 0 Å². The van der Waals surface area contributed by atoms with E-state index in [4.69, 9.17) is 0 Å². The highest BCUT2D eigenvalue weighted by atomic mass is 32.2. The van der Waals surface area contributed by atoms with Gasteiger partial charge >= 0.3 is 0 Å². The van der Waals surface area contributed by atoms with E-state index in [2.05, 4.69) is 4.98 Å². The Morgan fingerprint density at radius 2 is 1.83 bits per heavy atom. The zero-order valence-electron chi connectivity index (χ0n) is 16.5. The van der Waals surface area contributed by atoms with E-state index in [1.807, 2.05) is 54.8 Å². The van der Waals surface area contributed by atoms with Crippen LogP contribution in [0.2, 0.25) is 0 Å². The van der Waals surface area contributed by atoms with E-state index in [0.29, 0.717) is 31.7 Å². The number of hydrogen-bond donors (Lipinski definition) is 0. The molecule has 0 spiro atoms. The summed E-state index contributed by atoms with van der Waals surface area (Å²) in [6, 6.07) is 16.5. The number of aromatic nitrogens is 2. The van der Waals surface area contributed by atoms with Crippen LogP contribution < -0.4 is 5.56 Å². The first-order chi connectivity index (χ1) is 14.4. The molecule has 0 aliphatic carbocycles. The molecule has 0 bridgehead atoms. The van der Waals surface area contributed by atoms with Crippen molar-refractivity contribution in [3.05, 3.63) is 81.5 Å². The van der Waals surface area contributed by atoms with Crippen LogP contribution in [0.3, 0.4) is 0 Å². The number of sulfone groups is 1. The lowest BCUT2D eigenvalue weighted by Gasteiger charge is -2.12. The van der Waals surface area contributed by atoms with Gasteiger partial charge in [0.2, 0.25) is 0 Å². The fraction of sp³-hybridized carbons (Fsp3) is 0.182. The molecule has 0 unspecified atom stereocenters. The van der Waals surface area contributed by atoms with Crippen LogP contribution in [0.5, 0.6) is 0 Å². The van der Waals surface area contributed by atoms with Gasteiger partial charge in [0.05, 0.1) is 21.7 Å². The number of rotatable bonds is 6. The lowest BCUT2D eigenvalue weighted by atomic mass is 10.2. The number of thiophene rings is 1. The molecule has 30 heavy (non-hydrogen) atoms. The van der Waals surface area contributed by atoms with E-state index in [9.17, 15) is 13.2 Å². The van der Waals surface area contributed by atoms with Crippen LogP contribution in [-0.4, -0.2) is 29.5 Å². The van der Waals surface area contributed by atoms with Gasteiger partial charge in [0.15, 0.2) is 15.0 Å². The molecule has 4 aromatic rings. The van der Waals surface area contributed by atoms with Crippen LogP contribution in [0.25, 0.3) is 15.9 Å². The van der Waals surface area contributed by atoms with Crippen LogP contribution in [0.15, 0.2) is 74.8 Å². The number of para-hydroxylation sites is 1. The van der Waals surface area contributed by atoms with Crippen molar-refractivity contribution in [3.8, 4) is 5.69 Å². The molecule has 0 radical (unpaired) electrons. The summed E-state index contributed by atoms with van der Waals surface area (Å²) < 4.78 is 27.3. The molecule has 0 atom stereocenters. The first-order valence-corrected chi connectivity index (χ1v) is 12.9. The molecule has 154 valence electrons. The summed E-state index contributed by atoms with van der Waals surface area (Å²) in [4.78, 5) is 18.7. The van der Waals surface area contributed by atoms with E-state index in [-0.39, 0.29) is 11.3 Å². The quantitative estimate of drug-likeness (QED) is 0.313. The summed E-state index contributed by atoms with van der Waals surface area (Å²) in [7, 11) is -3.44. The van der Waals surface area contributed by atoms with E-state index >= 15 is 0 Å². The van der Waals surface area contributed by atoms with Gasteiger partial charge in [-0.25, -0.2) is 13.4 Å². The Kier molecular flexibility index (Phi) is 5.81. The second-order valence-electron chi connectivity index (χ2n) is 6.95. The van der Waals surface area contributed by atoms with Crippen molar-refractivity contribution in [2.24, 2.45) is 0 Å². The van der Waals surface area contributed by atoms with Gasteiger partial charge in [-0.05, 0) is 54.6 Å². The molecule has 5 nitrogen and oxygen atoms in total. The van der Waals surface area contributed by atoms with Gasteiger partial charge in [-0.1, -0.05) is 42.1 Å². The lowest BCUT2D eigenvalue weighted by Crippen LogP contribution is -2.21. The Hall–Kier alpha value is -2.42. The summed E-state index contributed by atoms with van der Waals surface area (Å²) in [5, 5.41) is 2.90. The molecule has 0 aliphatic rings. The molecule has 2 heterocycles. The highest BCUT2D eigenvalue weighted by Crippen LogP contribution is 2.25. The molecule has 4 rings (SSSR count). The first-order valence-electron chi connectivity index (χ1n) is 9.35. The minimum atomic E-state index is -3.44. The van der Waals surface area contributed by atoms with Crippen molar-refractivity contribution >= 4 is 43.2 Å². The predicted octanol–water partition coefficient (Wildman–Crippen LogP) is 4.63. The topological polar surface area (TPSA) is 69.0 Å². The van der Waals surface area contributed by atoms with E-state index < -0.39 is 9.84 Å². The fourth-order valence-electron chi connectivity index (χ4n) is 3.19. The molecule has 2 aromatic heterocycles. The Morgan fingerprint density at radius 3 is 2.60 bits per heavy atom. The third-order valence-corrected chi connectivity index (χ3v) is 8.60. The highest BCUT2D eigenvalue weighted by molar-refractivity contribution is 8.00. The lowest BCUT2D eigenvalue weighted by molar-refractivity contribution is 0.597. The van der Waals surface area contributed by atoms with Gasteiger partial charge in [-0.15, -0.1) is 11.3 Å². The predicted molar refractivity (Wildman–Crippen MR) is 124 cm³/mol. The van der Waals surface area contributed by atoms with E-state index in [1.165, 1.54) is 23.1 Å². The number of benzene rings is 2. The van der Waals surface area contributed by atoms with E-state index in [1.54, 1.807) is 23.6 Å². The second-order valence-corrected chi connectivity index (χ2v) is 11.0. The molecule has 0 saturated heterocycles. The molecular formula is C22H20N2O3S3. The summed E-state index contributed by atoms with van der Waals surface area (Å²) in [5.74, 6) is 0.265. The van der Waals surface area contributed by atoms with Crippen LogP contribution in [-0.2, 0) is 9.84 Å². The van der Waals surface area contributed by atoms with Crippen molar-refractivity contribution in [2.45, 2.75) is 23.9 Å². The standard InChI is InChI=1S/C22H20N2O3S3/c1-15-8-9-16(2)19(14-15)30(26,27)13-12-29-22-23-20-18(10-11-28-20)21(25)24(22)17-6-4-3-5-7-17/h3-11,14H,12-13H2,1-2H3. The summed E-state index contributed by atoms with van der Waals surface area (Å²) in [5.41, 5.74) is 2.22. The Morgan fingerprint density at radius 1 is 1.07 bits per heavy atom. The minimum absolute atomic E-state index is 0.0326. The fourth-order valence-corrected chi connectivity index (χ4v) is 7.01. The van der Waals surface area contributed by atoms with Crippen molar-refractivity contribution in [3.63, 3.8) is 0 Å². The van der Waals surface area contributed by atoms with Gasteiger partial charge in [0.1, 0.15) is 4.83 Å². The van der Waals surface area contributed by atoms with Gasteiger partial charge < -0.3 is 0 Å². The number of aryl methyl sites for hydroxylation is 2. The maximum atomic E-state index is 13.1. The molecule has 0 aliphatic heterocycles. The van der Waals surface area contributed by atoms with Gasteiger partial charge in [-0.2, -0.15) is 0 Å². The SMILES string of the molecule is Cc1ccc(C)c(S(=O)(=O)CCSc2nc3sccc3c(=O)n2-c2ccccc2)c1. The van der Waals surface area contributed by atoms with Crippen LogP contribution in [0, 0.1) is 13.8 Å². The zero-order chi connectivity index (χ0) is 21.3. The Labute approximate surface area is 183 Å². The molecule has 8 heteroatoms. The Balaban J connectivity index is 1.66. The Bertz CT molecular complexity index is 1370. The van der Waals surface area contributed by atoms with Crippen molar-refractivity contribution in [2.75, 3.05) is 11.5 Å². The molecular weight excluding hydrogens is 436 g/mol. The van der Waals surface area contributed by atoms with Gasteiger partial charge in [-0.3, -0.25) is 9.36 Å². The molecule has 0 amide bonds. The zero-order valence-corrected chi connectivity index (χ0v) is 19.0. The summed E-state index contributed by atoms with van der Waals surface area (Å²) in [6.45, 7) is 3.69. The summed E-state index contributed by atoms with van der Waals surface area (Å²) >= 11 is 2.69. The number of hydrogen-bond acceptors (Lipinski definition) is 6. The minimum Gasteiger partial charge on any atom is -0.268 e. The van der Waals surface area contributed by atoms with Crippen molar-refractivity contribution in [1.82, 2.24) is 9.55 Å². The molecule has 0 fully saturated rings. The monoisotopic (exact) mass is 456 g/mol. The molecule has 0 saturated carbocycles. The van der Waals surface area contributed by atoms with Crippen LogP contribution in [0.1, 0.15) is 11.1 Å². The maximum absolute atomic E-state index is 13.1. The average Bonchev–Trinajstić information content (AvgIpc) is 3.19. The third-order valence-electron chi connectivity index (χ3n) is 4.74. The van der Waals surface area contributed by atoms with Crippen molar-refractivity contribution in [1.29, 1.82) is 0 Å². The summed E-state index contributed by atoms with van der Waals surface area (Å²) in [6.07, 6.45) is 0.